The smallest absolute Gasteiger partial charge is 0.253 e. The molecule has 0 saturated heterocycles. The molecular formula is C13H13N3O2S. The Bertz CT molecular complexity index is 540. The average Bonchev–Trinajstić information content (AvgIpc) is 2.96. The topological polar surface area (TPSA) is 71.1 Å². The number of hydrogen-bond acceptors (Lipinski definition) is 4. The zero-order chi connectivity index (χ0) is 13.5. The van der Waals surface area contributed by atoms with Gasteiger partial charge in [-0.05, 0) is 23.6 Å². The molecule has 2 amide bonds. The number of aromatic nitrogens is 1. The van der Waals surface area contributed by atoms with Gasteiger partial charge in [-0.15, -0.1) is 11.3 Å². The molecule has 0 aliphatic carbocycles. The van der Waals surface area contributed by atoms with Crippen molar-refractivity contribution < 1.29 is 9.59 Å². The van der Waals surface area contributed by atoms with Crippen molar-refractivity contribution in [3.63, 3.8) is 0 Å². The summed E-state index contributed by atoms with van der Waals surface area (Å²) in [5.41, 5.74) is 0.438. The quantitative estimate of drug-likeness (QED) is 0.861. The number of nitrogens with one attached hydrogen (secondary N) is 2. The number of thiophene rings is 1. The van der Waals surface area contributed by atoms with Gasteiger partial charge >= 0.3 is 0 Å². The number of carbonyl (C=O) groups is 2. The Morgan fingerprint density at radius 1 is 1.21 bits per heavy atom. The van der Waals surface area contributed by atoms with Gasteiger partial charge in [-0.1, -0.05) is 6.07 Å². The van der Waals surface area contributed by atoms with Crippen molar-refractivity contribution in [3.05, 3.63) is 52.5 Å². The van der Waals surface area contributed by atoms with E-state index in [1.54, 1.807) is 29.7 Å². The van der Waals surface area contributed by atoms with Gasteiger partial charge in [0.15, 0.2) is 0 Å². The molecule has 0 aliphatic rings. The highest BCUT2D eigenvalue weighted by Gasteiger charge is 2.07. The molecule has 2 aromatic heterocycles. The Morgan fingerprint density at radius 3 is 2.79 bits per heavy atom. The number of nitrogens with zero attached hydrogens (tertiary/aromatic N) is 1. The third-order valence-corrected chi connectivity index (χ3v) is 3.25. The first-order valence-corrected chi connectivity index (χ1v) is 6.61. The molecule has 0 aromatic carbocycles. The fourth-order valence-corrected chi connectivity index (χ4v) is 2.07. The molecule has 2 heterocycles. The van der Waals surface area contributed by atoms with Crippen LogP contribution in [0.5, 0.6) is 0 Å². The molecule has 2 aromatic rings. The number of pyridine rings is 1. The number of amides is 2. The second-order valence-electron chi connectivity index (χ2n) is 3.78. The molecule has 2 N–H and O–H groups in total. The first-order chi connectivity index (χ1) is 9.25. The van der Waals surface area contributed by atoms with Crippen LogP contribution in [-0.2, 0) is 11.3 Å². The van der Waals surface area contributed by atoms with Gasteiger partial charge in [0.2, 0.25) is 5.91 Å². The highest BCUT2D eigenvalue weighted by atomic mass is 32.1. The Balaban J connectivity index is 1.73. The van der Waals surface area contributed by atoms with E-state index in [4.69, 9.17) is 0 Å². The summed E-state index contributed by atoms with van der Waals surface area (Å²) in [7, 11) is 0. The summed E-state index contributed by atoms with van der Waals surface area (Å²) in [4.78, 5) is 28.1. The zero-order valence-corrected chi connectivity index (χ0v) is 10.9. The Hall–Kier alpha value is -2.21. The first kappa shape index (κ1) is 13.2. The summed E-state index contributed by atoms with van der Waals surface area (Å²) in [5, 5.41) is 7.22. The molecule has 0 radical (unpaired) electrons. The maximum Gasteiger partial charge on any atom is 0.253 e. The highest BCUT2D eigenvalue weighted by molar-refractivity contribution is 7.09. The van der Waals surface area contributed by atoms with Crippen molar-refractivity contribution in [1.29, 1.82) is 0 Å². The minimum atomic E-state index is -0.306. The van der Waals surface area contributed by atoms with Gasteiger partial charge < -0.3 is 10.6 Å². The lowest BCUT2D eigenvalue weighted by Crippen LogP contribution is -2.36. The lowest BCUT2D eigenvalue weighted by Gasteiger charge is -2.05. The minimum absolute atomic E-state index is 0.0426. The van der Waals surface area contributed by atoms with Crippen molar-refractivity contribution in [2.45, 2.75) is 6.54 Å². The van der Waals surface area contributed by atoms with Crippen LogP contribution in [0.25, 0.3) is 0 Å². The van der Waals surface area contributed by atoms with E-state index in [2.05, 4.69) is 15.6 Å². The van der Waals surface area contributed by atoms with Crippen LogP contribution < -0.4 is 10.6 Å². The molecule has 0 aliphatic heterocycles. The molecule has 0 atom stereocenters. The van der Waals surface area contributed by atoms with E-state index in [1.165, 1.54) is 6.20 Å². The van der Waals surface area contributed by atoms with E-state index in [9.17, 15) is 9.59 Å². The third-order valence-electron chi connectivity index (χ3n) is 2.37. The Kier molecular flexibility index (Phi) is 4.63. The molecule has 0 bridgehead atoms. The average molecular weight is 275 g/mol. The van der Waals surface area contributed by atoms with Crippen LogP contribution in [0.15, 0.2) is 42.0 Å². The summed E-state index contributed by atoms with van der Waals surface area (Å²) in [6.45, 7) is 0.443. The van der Waals surface area contributed by atoms with Crippen LogP contribution in [-0.4, -0.2) is 23.3 Å². The van der Waals surface area contributed by atoms with Gasteiger partial charge in [0.05, 0.1) is 18.7 Å². The largest absolute Gasteiger partial charge is 0.350 e. The van der Waals surface area contributed by atoms with Crippen molar-refractivity contribution >= 4 is 23.2 Å². The molecule has 19 heavy (non-hydrogen) atoms. The van der Waals surface area contributed by atoms with Crippen LogP contribution in [0.1, 0.15) is 15.2 Å². The lowest BCUT2D eigenvalue weighted by atomic mass is 10.3. The monoisotopic (exact) mass is 275 g/mol. The molecule has 6 heteroatoms. The summed E-state index contributed by atoms with van der Waals surface area (Å²) < 4.78 is 0. The molecule has 98 valence electrons. The third kappa shape index (κ3) is 4.18. The van der Waals surface area contributed by atoms with E-state index in [1.807, 2.05) is 17.5 Å². The summed E-state index contributed by atoms with van der Waals surface area (Å²) >= 11 is 1.58. The van der Waals surface area contributed by atoms with Gasteiger partial charge in [-0.25, -0.2) is 0 Å². The minimum Gasteiger partial charge on any atom is -0.350 e. The predicted octanol–water partition coefficient (Wildman–Crippen LogP) is 1.19. The summed E-state index contributed by atoms with van der Waals surface area (Å²) in [6, 6.07) is 7.19. The van der Waals surface area contributed by atoms with E-state index in [-0.39, 0.29) is 18.4 Å². The fraction of sp³-hybridized carbons (Fsp3) is 0.154. The van der Waals surface area contributed by atoms with Crippen molar-refractivity contribution in [2.75, 3.05) is 6.54 Å². The number of rotatable bonds is 5. The van der Waals surface area contributed by atoms with Gasteiger partial charge in [-0.2, -0.15) is 0 Å². The van der Waals surface area contributed by atoms with Gasteiger partial charge in [-0.3, -0.25) is 14.6 Å². The second kappa shape index (κ2) is 6.65. The number of hydrogen-bond donors (Lipinski definition) is 2. The molecule has 0 spiro atoms. The zero-order valence-electron chi connectivity index (χ0n) is 10.1. The van der Waals surface area contributed by atoms with Crippen molar-refractivity contribution in [2.24, 2.45) is 0 Å². The Labute approximate surface area is 114 Å². The summed E-state index contributed by atoms with van der Waals surface area (Å²) in [5.74, 6) is -0.523. The van der Waals surface area contributed by atoms with Gasteiger partial charge in [0, 0.05) is 17.3 Å². The SMILES string of the molecule is O=C(CNC(=O)c1cccnc1)NCc1cccs1. The van der Waals surface area contributed by atoms with E-state index in [0.717, 1.165) is 4.88 Å². The van der Waals surface area contributed by atoms with Crippen LogP contribution in [0.3, 0.4) is 0 Å². The summed E-state index contributed by atoms with van der Waals surface area (Å²) in [6.07, 6.45) is 3.05. The lowest BCUT2D eigenvalue weighted by molar-refractivity contribution is -0.120. The van der Waals surface area contributed by atoms with Gasteiger partial charge in [0.1, 0.15) is 0 Å². The first-order valence-electron chi connectivity index (χ1n) is 5.73. The Morgan fingerprint density at radius 2 is 2.11 bits per heavy atom. The standard InChI is InChI=1S/C13H13N3O2S/c17-12(15-8-11-4-2-6-19-11)9-16-13(18)10-3-1-5-14-7-10/h1-7H,8-9H2,(H,15,17)(H,16,18). The van der Waals surface area contributed by atoms with Crippen molar-refractivity contribution in [3.8, 4) is 0 Å². The van der Waals surface area contributed by atoms with Crippen LogP contribution in [0.4, 0.5) is 0 Å². The predicted molar refractivity (Wildman–Crippen MR) is 72.7 cm³/mol. The van der Waals surface area contributed by atoms with Crippen LogP contribution in [0.2, 0.25) is 0 Å². The molecule has 0 fully saturated rings. The number of carbonyl (C=O) groups excluding carboxylic acids is 2. The van der Waals surface area contributed by atoms with E-state index in [0.29, 0.717) is 12.1 Å². The molecule has 2 rings (SSSR count). The molecule has 0 saturated carbocycles. The normalized spacial score (nSPS) is 9.89. The van der Waals surface area contributed by atoms with Crippen LogP contribution >= 0.6 is 11.3 Å². The highest BCUT2D eigenvalue weighted by Crippen LogP contribution is 2.06. The van der Waals surface area contributed by atoms with E-state index < -0.39 is 0 Å². The van der Waals surface area contributed by atoms with Crippen molar-refractivity contribution in [1.82, 2.24) is 15.6 Å². The molecule has 0 unspecified atom stereocenters. The maximum absolute atomic E-state index is 11.7. The second-order valence-corrected chi connectivity index (χ2v) is 4.81. The van der Waals surface area contributed by atoms with Crippen LogP contribution in [0, 0.1) is 0 Å². The molecular weight excluding hydrogens is 262 g/mol. The maximum atomic E-state index is 11.7. The fourth-order valence-electron chi connectivity index (χ4n) is 1.42. The van der Waals surface area contributed by atoms with E-state index >= 15 is 0 Å². The molecule has 5 nitrogen and oxygen atoms in total. The van der Waals surface area contributed by atoms with Gasteiger partial charge in [0.25, 0.3) is 5.91 Å².